The van der Waals surface area contributed by atoms with Crippen LogP contribution in [0.4, 0.5) is 0 Å². The maximum atomic E-state index is 8.73. The average Bonchev–Trinajstić information content (AvgIpc) is 1.98. The monoisotopic (exact) mass is 138 g/mol. The Bertz CT molecular complexity index is 152. The molecule has 0 heterocycles. The van der Waals surface area contributed by atoms with Crippen LogP contribution in [0.2, 0.25) is 0 Å². The van der Waals surface area contributed by atoms with Gasteiger partial charge in [-0.25, -0.2) is 0 Å². The summed E-state index contributed by atoms with van der Waals surface area (Å²) in [6, 6.07) is 0. The van der Waals surface area contributed by atoms with Crippen molar-refractivity contribution in [3.63, 3.8) is 0 Å². The maximum absolute atomic E-state index is 8.73. The van der Waals surface area contributed by atoms with Crippen molar-refractivity contribution in [1.82, 2.24) is 0 Å². The SMILES string of the molecule is C\C=C/C=C(\C=C/C)CO. The molecule has 0 aromatic carbocycles. The topological polar surface area (TPSA) is 20.2 Å². The first-order chi connectivity index (χ1) is 4.85. The molecule has 0 aliphatic carbocycles. The van der Waals surface area contributed by atoms with Crippen molar-refractivity contribution in [2.75, 3.05) is 6.61 Å². The number of hydrogen-bond acceptors (Lipinski definition) is 1. The van der Waals surface area contributed by atoms with Crippen LogP contribution >= 0.6 is 0 Å². The van der Waals surface area contributed by atoms with Crippen molar-refractivity contribution in [3.05, 3.63) is 36.0 Å². The summed E-state index contributed by atoms with van der Waals surface area (Å²) in [6.07, 6.45) is 9.52. The van der Waals surface area contributed by atoms with Crippen LogP contribution < -0.4 is 0 Å². The van der Waals surface area contributed by atoms with Crippen molar-refractivity contribution in [2.45, 2.75) is 13.8 Å². The second-order valence-corrected chi connectivity index (χ2v) is 1.93. The zero-order chi connectivity index (χ0) is 7.82. The van der Waals surface area contributed by atoms with E-state index in [1.54, 1.807) is 0 Å². The zero-order valence-electron chi connectivity index (χ0n) is 6.54. The number of aliphatic hydroxyl groups excluding tert-OH is 1. The summed E-state index contributed by atoms with van der Waals surface area (Å²) in [5, 5.41) is 8.73. The van der Waals surface area contributed by atoms with Gasteiger partial charge in [-0.1, -0.05) is 30.4 Å². The molecule has 0 aromatic rings. The van der Waals surface area contributed by atoms with Gasteiger partial charge >= 0.3 is 0 Å². The fourth-order valence-electron chi connectivity index (χ4n) is 0.595. The Morgan fingerprint density at radius 3 is 2.40 bits per heavy atom. The van der Waals surface area contributed by atoms with Gasteiger partial charge in [0.05, 0.1) is 6.61 Å². The number of hydrogen-bond donors (Lipinski definition) is 1. The molecular weight excluding hydrogens is 124 g/mol. The minimum absolute atomic E-state index is 0.106. The van der Waals surface area contributed by atoms with Crippen molar-refractivity contribution in [1.29, 1.82) is 0 Å². The van der Waals surface area contributed by atoms with E-state index in [-0.39, 0.29) is 6.61 Å². The van der Waals surface area contributed by atoms with Crippen molar-refractivity contribution in [3.8, 4) is 0 Å². The summed E-state index contributed by atoms with van der Waals surface area (Å²) < 4.78 is 0. The second-order valence-electron chi connectivity index (χ2n) is 1.93. The first-order valence-corrected chi connectivity index (χ1v) is 3.40. The molecule has 0 unspecified atom stereocenters. The van der Waals surface area contributed by atoms with E-state index < -0.39 is 0 Å². The lowest BCUT2D eigenvalue weighted by Crippen LogP contribution is -1.83. The minimum Gasteiger partial charge on any atom is -0.392 e. The number of rotatable bonds is 3. The third-order valence-electron chi connectivity index (χ3n) is 1.07. The van der Waals surface area contributed by atoms with E-state index in [0.29, 0.717) is 0 Å². The van der Waals surface area contributed by atoms with Crippen LogP contribution in [0, 0.1) is 0 Å². The van der Waals surface area contributed by atoms with Crippen LogP contribution in [0.5, 0.6) is 0 Å². The van der Waals surface area contributed by atoms with Gasteiger partial charge in [-0.2, -0.15) is 0 Å². The van der Waals surface area contributed by atoms with Crippen LogP contribution in [-0.2, 0) is 0 Å². The van der Waals surface area contributed by atoms with E-state index in [0.717, 1.165) is 5.57 Å². The summed E-state index contributed by atoms with van der Waals surface area (Å²) in [6.45, 7) is 3.98. The summed E-state index contributed by atoms with van der Waals surface area (Å²) in [4.78, 5) is 0. The highest BCUT2D eigenvalue weighted by atomic mass is 16.3. The molecule has 0 saturated heterocycles. The summed E-state index contributed by atoms with van der Waals surface area (Å²) >= 11 is 0. The zero-order valence-corrected chi connectivity index (χ0v) is 6.54. The summed E-state index contributed by atoms with van der Waals surface area (Å²) in [7, 11) is 0. The van der Waals surface area contributed by atoms with Crippen LogP contribution in [0.15, 0.2) is 36.0 Å². The molecule has 0 rings (SSSR count). The average molecular weight is 138 g/mol. The third-order valence-corrected chi connectivity index (χ3v) is 1.07. The van der Waals surface area contributed by atoms with Crippen molar-refractivity contribution >= 4 is 0 Å². The number of aliphatic hydroxyl groups is 1. The molecule has 10 heavy (non-hydrogen) atoms. The lowest BCUT2D eigenvalue weighted by Gasteiger charge is -1.90. The van der Waals surface area contributed by atoms with E-state index in [2.05, 4.69) is 0 Å². The van der Waals surface area contributed by atoms with Crippen LogP contribution in [-0.4, -0.2) is 11.7 Å². The van der Waals surface area contributed by atoms with Gasteiger partial charge in [0.25, 0.3) is 0 Å². The Balaban J connectivity index is 4.04. The molecular formula is C9H14O. The fraction of sp³-hybridized carbons (Fsp3) is 0.333. The highest BCUT2D eigenvalue weighted by Gasteiger charge is 1.82. The molecule has 0 aromatic heterocycles. The Morgan fingerprint density at radius 1 is 1.30 bits per heavy atom. The highest BCUT2D eigenvalue weighted by Crippen LogP contribution is 1.95. The lowest BCUT2D eigenvalue weighted by atomic mass is 10.2. The fourth-order valence-corrected chi connectivity index (χ4v) is 0.595. The Labute approximate surface area is 62.4 Å². The third kappa shape index (κ3) is 4.10. The smallest absolute Gasteiger partial charge is 0.0681 e. The molecule has 56 valence electrons. The standard InChI is InChI=1S/C9H14O/c1-3-5-7-9(8-10)6-4-2/h3-7,10H,8H2,1-2H3/b5-3-,6-4-,9-7+. The summed E-state index contributed by atoms with van der Waals surface area (Å²) in [5.41, 5.74) is 0.931. The van der Waals surface area contributed by atoms with Gasteiger partial charge in [0.15, 0.2) is 0 Å². The van der Waals surface area contributed by atoms with E-state index in [1.165, 1.54) is 0 Å². The van der Waals surface area contributed by atoms with Crippen molar-refractivity contribution < 1.29 is 5.11 Å². The molecule has 0 aliphatic rings. The van der Waals surface area contributed by atoms with Gasteiger partial charge in [-0.15, -0.1) is 0 Å². The van der Waals surface area contributed by atoms with Crippen molar-refractivity contribution in [2.24, 2.45) is 0 Å². The first-order valence-electron chi connectivity index (χ1n) is 3.40. The largest absolute Gasteiger partial charge is 0.392 e. The molecule has 0 fully saturated rings. The molecule has 0 aliphatic heterocycles. The molecule has 0 atom stereocenters. The minimum atomic E-state index is 0.106. The molecule has 0 saturated carbocycles. The predicted molar refractivity (Wildman–Crippen MR) is 44.8 cm³/mol. The second kappa shape index (κ2) is 6.30. The van der Waals surface area contributed by atoms with Gasteiger partial charge in [0.1, 0.15) is 0 Å². The Kier molecular flexibility index (Phi) is 5.79. The quantitative estimate of drug-likeness (QED) is 0.592. The van der Waals surface area contributed by atoms with Gasteiger partial charge in [0.2, 0.25) is 0 Å². The van der Waals surface area contributed by atoms with Crippen LogP contribution in [0.25, 0.3) is 0 Å². The summed E-state index contributed by atoms with van der Waals surface area (Å²) in [5.74, 6) is 0. The Morgan fingerprint density at radius 2 is 2.00 bits per heavy atom. The van der Waals surface area contributed by atoms with Crippen LogP contribution in [0.3, 0.4) is 0 Å². The molecule has 0 amide bonds. The van der Waals surface area contributed by atoms with Gasteiger partial charge in [-0.05, 0) is 19.4 Å². The maximum Gasteiger partial charge on any atom is 0.0681 e. The molecule has 1 nitrogen and oxygen atoms in total. The Hall–Kier alpha value is -0.820. The van der Waals surface area contributed by atoms with E-state index in [4.69, 9.17) is 5.11 Å². The highest BCUT2D eigenvalue weighted by molar-refractivity contribution is 5.23. The lowest BCUT2D eigenvalue weighted by molar-refractivity contribution is 0.335. The molecule has 0 spiro atoms. The van der Waals surface area contributed by atoms with E-state index in [9.17, 15) is 0 Å². The first kappa shape index (κ1) is 9.18. The number of allylic oxidation sites excluding steroid dienone is 4. The molecule has 0 radical (unpaired) electrons. The molecule has 0 bridgehead atoms. The van der Waals surface area contributed by atoms with Crippen LogP contribution in [0.1, 0.15) is 13.8 Å². The predicted octanol–water partition coefficient (Wildman–Crippen LogP) is 2.06. The molecule has 1 heteroatoms. The van der Waals surface area contributed by atoms with E-state index in [1.807, 2.05) is 44.2 Å². The van der Waals surface area contributed by atoms with E-state index >= 15 is 0 Å². The van der Waals surface area contributed by atoms with Gasteiger partial charge in [0, 0.05) is 0 Å². The normalized spacial score (nSPS) is 13.7. The van der Waals surface area contributed by atoms with Gasteiger partial charge in [-0.3, -0.25) is 0 Å². The van der Waals surface area contributed by atoms with Gasteiger partial charge < -0.3 is 5.11 Å². The molecule has 1 N–H and O–H groups in total.